The van der Waals surface area contributed by atoms with Crippen molar-refractivity contribution in [1.29, 1.82) is 0 Å². The van der Waals surface area contributed by atoms with E-state index in [1.807, 2.05) is 43.1 Å². The number of rotatable bonds is 6. The van der Waals surface area contributed by atoms with Gasteiger partial charge >= 0.3 is 5.97 Å². The molecule has 1 heterocycles. The first-order valence-corrected chi connectivity index (χ1v) is 7.63. The summed E-state index contributed by atoms with van der Waals surface area (Å²) < 4.78 is 11.3. The van der Waals surface area contributed by atoms with E-state index in [0.29, 0.717) is 24.9 Å². The van der Waals surface area contributed by atoms with Crippen molar-refractivity contribution in [3.05, 3.63) is 34.6 Å². The highest BCUT2D eigenvalue weighted by Crippen LogP contribution is 2.22. The van der Waals surface area contributed by atoms with Crippen LogP contribution in [-0.4, -0.2) is 41.8 Å². The van der Waals surface area contributed by atoms with E-state index in [4.69, 9.17) is 9.15 Å². The molecule has 0 saturated heterocycles. The van der Waals surface area contributed by atoms with Gasteiger partial charge in [0.1, 0.15) is 0 Å². The zero-order valence-corrected chi connectivity index (χ0v) is 14.3. The quantitative estimate of drug-likeness (QED) is 0.731. The standard InChI is InChI=1S/C15H18BrN3O3/c1-10(15(20)21-3)8-19(2)9-13-17-18-14(22-13)11-5-4-6-12(16)7-11/h4-7,10H,8-9H2,1-3H3. The van der Waals surface area contributed by atoms with Crippen LogP contribution in [0.4, 0.5) is 0 Å². The maximum absolute atomic E-state index is 11.4. The number of benzene rings is 1. The van der Waals surface area contributed by atoms with Gasteiger partial charge in [0.2, 0.25) is 11.8 Å². The average Bonchev–Trinajstić information content (AvgIpc) is 2.94. The monoisotopic (exact) mass is 367 g/mol. The minimum atomic E-state index is -0.229. The lowest BCUT2D eigenvalue weighted by atomic mass is 10.2. The Labute approximate surface area is 137 Å². The van der Waals surface area contributed by atoms with Gasteiger partial charge in [0, 0.05) is 16.6 Å². The molecule has 6 nitrogen and oxygen atoms in total. The summed E-state index contributed by atoms with van der Waals surface area (Å²) in [6.07, 6.45) is 0. The van der Waals surface area contributed by atoms with Gasteiger partial charge in [-0.05, 0) is 25.2 Å². The number of carbonyl (C=O) groups excluding carboxylic acids is 1. The van der Waals surface area contributed by atoms with Crippen molar-refractivity contribution in [3.63, 3.8) is 0 Å². The summed E-state index contributed by atoms with van der Waals surface area (Å²) in [5.74, 6) is 0.551. The van der Waals surface area contributed by atoms with E-state index in [9.17, 15) is 4.79 Å². The summed E-state index contributed by atoms with van der Waals surface area (Å²) in [5, 5.41) is 8.10. The molecule has 0 bridgehead atoms. The van der Waals surface area contributed by atoms with Crippen molar-refractivity contribution in [2.75, 3.05) is 20.7 Å². The van der Waals surface area contributed by atoms with Crippen LogP contribution in [0, 0.1) is 5.92 Å². The van der Waals surface area contributed by atoms with Gasteiger partial charge in [0.05, 0.1) is 19.6 Å². The molecule has 7 heteroatoms. The first kappa shape index (κ1) is 16.6. The van der Waals surface area contributed by atoms with Crippen LogP contribution in [0.15, 0.2) is 33.2 Å². The van der Waals surface area contributed by atoms with Gasteiger partial charge in [-0.2, -0.15) is 0 Å². The van der Waals surface area contributed by atoms with Crippen molar-refractivity contribution in [3.8, 4) is 11.5 Å². The van der Waals surface area contributed by atoms with Crippen LogP contribution in [-0.2, 0) is 16.1 Å². The molecule has 0 radical (unpaired) electrons. The Morgan fingerprint density at radius 2 is 2.23 bits per heavy atom. The second-order valence-corrected chi connectivity index (χ2v) is 6.05. The first-order chi connectivity index (χ1) is 10.5. The number of ether oxygens (including phenoxy) is 1. The third kappa shape index (κ3) is 4.38. The summed E-state index contributed by atoms with van der Waals surface area (Å²) in [6.45, 7) is 2.85. The Hall–Kier alpha value is -1.73. The third-order valence-corrected chi connectivity index (χ3v) is 3.63. The lowest BCUT2D eigenvalue weighted by Gasteiger charge is -2.17. The minimum absolute atomic E-state index is 0.206. The smallest absolute Gasteiger partial charge is 0.309 e. The van der Waals surface area contributed by atoms with Crippen LogP contribution in [0.2, 0.25) is 0 Å². The van der Waals surface area contributed by atoms with Gasteiger partial charge in [-0.25, -0.2) is 0 Å². The van der Waals surface area contributed by atoms with Crippen LogP contribution < -0.4 is 0 Å². The molecule has 0 spiro atoms. The van der Waals surface area contributed by atoms with E-state index in [1.165, 1.54) is 7.11 Å². The Bertz CT molecular complexity index is 644. The average molecular weight is 368 g/mol. The second-order valence-electron chi connectivity index (χ2n) is 5.13. The predicted molar refractivity (Wildman–Crippen MR) is 84.9 cm³/mol. The van der Waals surface area contributed by atoms with E-state index in [-0.39, 0.29) is 11.9 Å². The molecule has 0 amide bonds. The molecular weight excluding hydrogens is 350 g/mol. The van der Waals surface area contributed by atoms with Crippen molar-refractivity contribution in [2.45, 2.75) is 13.5 Å². The van der Waals surface area contributed by atoms with E-state index in [2.05, 4.69) is 26.1 Å². The lowest BCUT2D eigenvalue weighted by Crippen LogP contribution is -2.29. The summed E-state index contributed by atoms with van der Waals surface area (Å²) in [4.78, 5) is 13.4. The summed E-state index contributed by atoms with van der Waals surface area (Å²) >= 11 is 3.41. The molecule has 0 saturated carbocycles. The molecule has 2 rings (SSSR count). The van der Waals surface area contributed by atoms with Gasteiger partial charge < -0.3 is 9.15 Å². The van der Waals surface area contributed by atoms with Crippen molar-refractivity contribution in [2.24, 2.45) is 5.92 Å². The molecule has 0 fully saturated rings. The SMILES string of the molecule is COC(=O)C(C)CN(C)Cc1nnc(-c2cccc(Br)c2)o1. The Kier molecular flexibility index (Phi) is 5.68. The summed E-state index contributed by atoms with van der Waals surface area (Å²) in [5.41, 5.74) is 0.860. The summed E-state index contributed by atoms with van der Waals surface area (Å²) in [6, 6.07) is 7.67. The third-order valence-electron chi connectivity index (χ3n) is 3.13. The van der Waals surface area contributed by atoms with E-state index in [0.717, 1.165) is 10.0 Å². The number of aromatic nitrogens is 2. The number of halogens is 1. The summed E-state index contributed by atoms with van der Waals surface area (Å²) in [7, 11) is 3.28. The van der Waals surface area contributed by atoms with Gasteiger partial charge in [0.15, 0.2) is 0 Å². The zero-order valence-electron chi connectivity index (χ0n) is 12.7. The minimum Gasteiger partial charge on any atom is -0.469 e. The molecule has 0 aliphatic rings. The highest BCUT2D eigenvalue weighted by molar-refractivity contribution is 9.10. The maximum Gasteiger partial charge on any atom is 0.309 e. The van der Waals surface area contributed by atoms with Crippen LogP contribution in [0.3, 0.4) is 0 Å². The fourth-order valence-electron chi connectivity index (χ4n) is 2.09. The van der Waals surface area contributed by atoms with Crippen molar-refractivity contribution >= 4 is 21.9 Å². The molecule has 0 N–H and O–H groups in total. The zero-order chi connectivity index (χ0) is 16.1. The van der Waals surface area contributed by atoms with E-state index < -0.39 is 0 Å². The van der Waals surface area contributed by atoms with Crippen LogP contribution in [0.25, 0.3) is 11.5 Å². The van der Waals surface area contributed by atoms with Crippen LogP contribution in [0.1, 0.15) is 12.8 Å². The molecule has 1 aromatic carbocycles. The number of methoxy groups -OCH3 is 1. The first-order valence-electron chi connectivity index (χ1n) is 6.84. The van der Waals surface area contributed by atoms with Gasteiger partial charge in [-0.15, -0.1) is 10.2 Å². The van der Waals surface area contributed by atoms with E-state index >= 15 is 0 Å². The van der Waals surface area contributed by atoms with E-state index in [1.54, 1.807) is 0 Å². The Balaban J connectivity index is 1.98. The topological polar surface area (TPSA) is 68.5 Å². The molecular formula is C15H18BrN3O3. The van der Waals surface area contributed by atoms with Gasteiger partial charge in [-0.1, -0.05) is 28.9 Å². The fourth-order valence-corrected chi connectivity index (χ4v) is 2.49. The second kappa shape index (κ2) is 7.51. The number of hydrogen-bond acceptors (Lipinski definition) is 6. The highest BCUT2D eigenvalue weighted by atomic mass is 79.9. The molecule has 1 atom stereocenters. The highest BCUT2D eigenvalue weighted by Gasteiger charge is 2.17. The predicted octanol–water partition coefficient (Wildman–Crippen LogP) is 2.74. The number of esters is 1. The van der Waals surface area contributed by atoms with Gasteiger partial charge in [0.25, 0.3) is 0 Å². The van der Waals surface area contributed by atoms with Crippen molar-refractivity contribution in [1.82, 2.24) is 15.1 Å². The normalized spacial score (nSPS) is 12.4. The Morgan fingerprint density at radius 3 is 2.91 bits per heavy atom. The van der Waals surface area contributed by atoms with Gasteiger partial charge in [-0.3, -0.25) is 9.69 Å². The largest absolute Gasteiger partial charge is 0.469 e. The molecule has 0 aliphatic heterocycles. The molecule has 1 aromatic heterocycles. The maximum atomic E-state index is 11.4. The number of carbonyl (C=O) groups is 1. The molecule has 0 aliphatic carbocycles. The Morgan fingerprint density at radius 1 is 1.45 bits per heavy atom. The molecule has 118 valence electrons. The molecule has 22 heavy (non-hydrogen) atoms. The van der Waals surface area contributed by atoms with Crippen LogP contribution in [0.5, 0.6) is 0 Å². The molecule has 1 unspecified atom stereocenters. The van der Waals surface area contributed by atoms with Crippen LogP contribution >= 0.6 is 15.9 Å². The number of nitrogens with zero attached hydrogens (tertiary/aromatic N) is 3. The lowest BCUT2D eigenvalue weighted by molar-refractivity contribution is -0.145. The fraction of sp³-hybridized carbons (Fsp3) is 0.400. The number of hydrogen-bond donors (Lipinski definition) is 0. The molecule has 2 aromatic rings. The van der Waals surface area contributed by atoms with Crippen molar-refractivity contribution < 1.29 is 13.9 Å².